The van der Waals surface area contributed by atoms with Crippen LogP contribution in [-0.4, -0.2) is 42.1 Å². The third kappa shape index (κ3) is 4.03. The molecule has 3 aromatic rings. The highest BCUT2D eigenvalue weighted by Crippen LogP contribution is 2.24. The Morgan fingerprint density at radius 1 is 1.15 bits per heavy atom. The molecule has 0 bridgehead atoms. The van der Waals surface area contributed by atoms with Gasteiger partial charge in [-0.05, 0) is 57.1 Å². The van der Waals surface area contributed by atoms with Crippen molar-refractivity contribution >= 4 is 16.8 Å². The van der Waals surface area contributed by atoms with Crippen molar-refractivity contribution < 1.29 is 4.79 Å². The van der Waals surface area contributed by atoms with Gasteiger partial charge in [0.25, 0.3) is 0 Å². The highest BCUT2D eigenvalue weighted by Gasteiger charge is 2.20. The maximum Gasteiger partial charge on any atom is 0.248 e. The van der Waals surface area contributed by atoms with Crippen LogP contribution in [0.2, 0.25) is 0 Å². The summed E-state index contributed by atoms with van der Waals surface area (Å²) in [6, 6.07) is 15.6. The van der Waals surface area contributed by atoms with Gasteiger partial charge in [-0.3, -0.25) is 9.36 Å². The van der Waals surface area contributed by atoms with E-state index >= 15 is 0 Å². The van der Waals surface area contributed by atoms with Gasteiger partial charge >= 0.3 is 0 Å². The van der Waals surface area contributed by atoms with Gasteiger partial charge in [-0.1, -0.05) is 42.0 Å². The maximum atomic E-state index is 13.0. The second kappa shape index (κ2) is 7.85. The van der Waals surface area contributed by atoms with Crippen molar-refractivity contribution in [3.63, 3.8) is 0 Å². The minimum atomic E-state index is -0.559. The molecule has 2 N–H and O–H groups in total. The van der Waals surface area contributed by atoms with Crippen LogP contribution in [0.1, 0.15) is 21.5 Å². The van der Waals surface area contributed by atoms with Crippen molar-refractivity contribution in [3.05, 3.63) is 71.4 Å². The normalized spacial score (nSPS) is 12.7. The van der Waals surface area contributed by atoms with E-state index in [1.165, 1.54) is 11.1 Å². The summed E-state index contributed by atoms with van der Waals surface area (Å²) in [6.45, 7) is 3.02. The zero-order valence-corrected chi connectivity index (χ0v) is 15.8. The number of aromatic nitrogens is 1. The van der Waals surface area contributed by atoms with Gasteiger partial charge < -0.3 is 10.6 Å². The van der Waals surface area contributed by atoms with Crippen LogP contribution < -0.4 is 5.73 Å². The Bertz CT molecular complexity index is 896. The van der Waals surface area contributed by atoms with Crippen LogP contribution in [0.3, 0.4) is 0 Å². The molecule has 4 nitrogen and oxygen atoms in total. The summed E-state index contributed by atoms with van der Waals surface area (Å²) >= 11 is 0. The molecule has 0 unspecified atom stereocenters. The Morgan fingerprint density at radius 2 is 1.88 bits per heavy atom. The molecule has 0 aliphatic heterocycles. The van der Waals surface area contributed by atoms with E-state index in [2.05, 4.69) is 32.0 Å². The molecular weight excluding hydrogens is 322 g/mol. The van der Waals surface area contributed by atoms with Crippen LogP contribution in [0.5, 0.6) is 0 Å². The van der Waals surface area contributed by atoms with Gasteiger partial charge in [0.15, 0.2) is 0 Å². The van der Waals surface area contributed by atoms with Crippen LogP contribution >= 0.6 is 0 Å². The average Bonchev–Trinajstić information content (AvgIpc) is 2.97. The molecule has 0 spiro atoms. The van der Waals surface area contributed by atoms with Gasteiger partial charge in [0.2, 0.25) is 5.91 Å². The molecular formula is C22H27N3O. The number of likely N-dealkylation sites (N-methyl/N-ethyl adjacent to an activating group) is 1. The molecule has 1 atom stereocenters. The lowest BCUT2D eigenvalue weighted by molar-refractivity contribution is 0.0884. The fourth-order valence-electron chi connectivity index (χ4n) is 3.27. The molecule has 1 aromatic heterocycles. The fraction of sp³-hybridized carbons (Fsp3) is 0.318. The van der Waals surface area contributed by atoms with Gasteiger partial charge in [-0.25, -0.2) is 0 Å². The average molecular weight is 349 g/mol. The summed E-state index contributed by atoms with van der Waals surface area (Å²) in [5.41, 5.74) is 10.7. The molecule has 0 saturated carbocycles. The first-order valence-corrected chi connectivity index (χ1v) is 9.04. The first-order valence-electron chi connectivity index (χ1n) is 9.04. The summed E-state index contributed by atoms with van der Waals surface area (Å²) in [5, 5.41) is 1.15. The topological polar surface area (TPSA) is 51.3 Å². The Labute approximate surface area is 155 Å². The predicted molar refractivity (Wildman–Crippen MR) is 108 cm³/mol. The summed E-state index contributed by atoms with van der Waals surface area (Å²) in [6.07, 6.45) is 3.42. The number of fused-ring (bicyclic) bond motifs is 1. The minimum absolute atomic E-state index is 0.0567. The molecule has 0 aliphatic rings. The Morgan fingerprint density at radius 3 is 2.58 bits per heavy atom. The Balaban J connectivity index is 1.92. The van der Waals surface area contributed by atoms with E-state index < -0.39 is 6.04 Å². The number of hydrogen-bond acceptors (Lipinski definition) is 3. The molecule has 3 rings (SSSR count). The lowest BCUT2D eigenvalue weighted by Crippen LogP contribution is -2.36. The van der Waals surface area contributed by atoms with E-state index in [0.717, 1.165) is 29.4 Å². The van der Waals surface area contributed by atoms with Crippen molar-refractivity contribution in [2.24, 2.45) is 5.73 Å². The Kier molecular flexibility index (Phi) is 5.55. The van der Waals surface area contributed by atoms with E-state index in [9.17, 15) is 4.79 Å². The van der Waals surface area contributed by atoms with Crippen molar-refractivity contribution in [3.8, 4) is 0 Å². The number of hydrogen-bond donors (Lipinski definition) is 1. The highest BCUT2D eigenvalue weighted by atomic mass is 16.2. The largest absolute Gasteiger partial charge is 0.320 e. The van der Waals surface area contributed by atoms with E-state index in [4.69, 9.17) is 5.73 Å². The molecule has 0 aliphatic carbocycles. The van der Waals surface area contributed by atoms with Gasteiger partial charge in [0.05, 0.1) is 11.6 Å². The summed E-state index contributed by atoms with van der Waals surface area (Å²) in [7, 11) is 4.12. The quantitative estimate of drug-likeness (QED) is 0.743. The van der Waals surface area contributed by atoms with E-state index in [1.54, 1.807) is 4.57 Å². The van der Waals surface area contributed by atoms with Crippen molar-refractivity contribution in [1.82, 2.24) is 9.47 Å². The molecule has 2 aromatic carbocycles. The summed E-state index contributed by atoms with van der Waals surface area (Å²) < 4.78 is 1.74. The number of nitrogens with zero attached hydrogens (tertiary/aromatic N) is 2. The third-order valence-corrected chi connectivity index (χ3v) is 4.72. The highest BCUT2D eigenvalue weighted by molar-refractivity contribution is 5.97. The maximum absolute atomic E-state index is 13.0. The first-order chi connectivity index (χ1) is 12.5. The molecule has 0 radical (unpaired) electrons. The first kappa shape index (κ1) is 18.4. The SMILES string of the molecule is Cc1ccc2c(c1)c(CCN(C)C)cn2C(=O)[C@@H](N)Cc1ccccc1. The lowest BCUT2D eigenvalue weighted by atomic mass is 10.1. The van der Waals surface area contributed by atoms with Gasteiger partial charge in [-0.2, -0.15) is 0 Å². The second-order valence-corrected chi connectivity index (χ2v) is 7.23. The zero-order valence-electron chi connectivity index (χ0n) is 15.8. The van der Waals surface area contributed by atoms with Gasteiger partial charge in [-0.15, -0.1) is 0 Å². The number of aryl methyl sites for hydroxylation is 1. The number of nitrogens with two attached hydrogens (primary N) is 1. The standard InChI is InChI=1S/C22H27N3O/c1-16-9-10-21-19(13-16)18(11-12-24(2)3)15-25(21)22(26)20(23)14-17-7-5-4-6-8-17/h4-10,13,15,20H,11-12,14,23H2,1-3H3/t20-/m0/s1. The lowest BCUT2D eigenvalue weighted by Gasteiger charge is -2.12. The zero-order chi connectivity index (χ0) is 18.7. The molecule has 0 saturated heterocycles. The number of carbonyl (C=O) groups is 1. The number of carbonyl (C=O) groups excluding carboxylic acids is 1. The van der Waals surface area contributed by atoms with E-state index in [-0.39, 0.29) is 5.91 Å². The molecule has 0 fully saturated rings. The predicted octanol–water partition coefficient (Wildman–Crippen LogP) is 3.26. The molecule has 136 valence electrons. The van der Waals surface area contributed by atoms with Crippen LogP contribution in [-0.2, 0) is 12.8 Å². The molecule has 1 heterocycles. The molecule has 4 heteroatoms. The third-order valence-electron chi connectivity index (χ3n) is 4.72. The number of benzene rings is 2. The Hall–Kier alpha value is -2.43. The van der Waals surface area contributed by atoms with Crippen LogP contribution in [0.25, 0.3) is 10.9 Å². The molecule has 0 amide bonds. The summed E-state index contributed by atoms with van der Waals surface area (Å²) in [4.78, 5) is 15.2. The smallest absolute Gasteiger partial charge is 0.248 e. The van der Waals surface area contributed by atoms with Crippen LogP contribution in [0.15, 0.2) is 54.7 Å². The van der Waals surface area contributed by atoms with Crippen LogP contribution in [0, 0.1) is 6.92 Å². The van der Waals surface area contributed by atoms with Crippen molar-refractivity contribution in [1.29, 1.82) is 0 Å². The van der Waals surface area contributed by atoms with Crippen LogP contribution in [0.4, 0.5) is 0 Å². The summed E-state index contributed by atoms with van der Waals surface area (Å²) in [5.74, 6) is -0.0567. The van der Waals surface area contributed by atoms with E-state index in [0.29, 0.717) is 6.42 Å². The second-order valence-electron chi connectivity index (χ2n) is 7.23. The monoisotopic (exact) mass is 349 g/mol. The minimum Gasteiger partial charge on any atom is -0.320 e. The fourth-order valence-corrected chi connectivity index (χ4v) is 3.27. The van der Waals surface area contributed by atoms with Crippen molar-refractivity contribution in [2.75, 3.05) is 20.6 Å². The van der Waals surface area contributed by atoms with Gasteiger partial charge in [0.1, 0.15) is 0 Å². The van der Waals surface area contributed by atoms with E-state index in [1.807, 2.05) is 48.7 Å². The van der Waals surface area contributed by atoms with Gasteiger partial charge in [0, 0.05) is 18.1 Å². The number of rotatable bonds is 6. The van der Waals surface area contributed by atoms with Crippen molar-refractivity contribution in [2.45, 2.75) is 25.8 Å². The molecule has 26 heavy (non-hydrogen) atoms.